The Hall–Kier alpha value is -2.11. The van der Waals surface area contributed by atoms with Gasteiger partial charge in [0.15, 0.2) is 5.58 Å². The van der Waals surface area contributed by atoms with Gasteiger partial charge < -0.3 is 14.4 Å². The van der Waals surface area contributed by atoms with E-state index in [1.165, 1.54) is 0 Å². The third-order valence-corrected chi connectivity index (χ3v) is 3.41. The van der Waals surface area contributed by atoms with Crippen LogP contribution in [0, 0.1) is 5.92 Å². The molecule has 1 aliphatic rings. The molecule has 1 atom stereocenters. The second-order valence-electron chi connectivity index (χ2n) is 4.87. The quantitative estimate of drug-likeness (QED) is 0.909. The lowest BCUT2D eigenvalue weighted by molar-refractivity contribution is -0.138. The van der Waals surface area contributed by atoms with Gasteiger partial charge in [0, 0.05) is 25.7 Å². The Morgan fingerprint density at radius 2 is 2.47 bits per heavy atom. The first-order valence-electron chi connectivity index (χ1n) is 6.40. The SMILES string of the molecule is O=C(O)C[C@@H]1CCCN(c2nc3ncccc3o2)C1. The summed E-state index contributed by atoms with van der Waals surface area (Å²) in [5.74, 6) is -0.583. The number of hydrogen-bond donors (Lipinski definition) is 1. The number of carboxylic acids is 1. The molecular formula is C13H15N3O3. The van der Waals surface area contributed by atoms with Crippen molar-refractivity contribution < 1.29 is 14.3 Å². The number of hydrogen-bond acceptors (Lipinski definition) is 5. The minimum absolute atomic E-state index is 0.161. The Labute approximate surface area is 110 Å². The van der Waals surface area contributed by atoms with Crippen LogP contribution in [-0.4, -0.2) is 34.1 Å². The molecule has 19 heavy (non-hydrogen) atoms. The van der Waals surface area contributed by atoms with Crippen molar-refractivity contribution >= 4 is 23.2 Å². The Kier molecular flexibility index (Phi) is 3.06. The van der Waals surface area contributed by atoms with E-state index in [-0.39, 0.29) is 12.3 Å². The molecule has 0 aliphatic carbocycles. The van der Waals surface area contributed by atoms with Crippen LogP contribution in [0.2, 0.25) is 0 Å². The number of carboxylic acid groups (broad SMARTS) is 1. The van der Waals surface area contributed by atoms with E-state index in [1.807, 2.05) is 11.0 Å². The fraction of sp³-hybridized carbons (Fsp3) is 0.462. The number of aliphatic carboxylic acids is 1. The summed E-state index contributed by atoms with van der Waals surface area (Å²) < 4.78 is 5.67. The first-order chi connectivity index (χ1) is 9.22. The van der Waals surface area contributed by atoms with Gasteiger partial charge in [-0.15, -0.1) is 0 Å². The first kappa shape index (κ1) is 12.0. The number of pyridine rings is 1. The van der Waals surface area contributed by atoms with Crippen molar-refractivity contribution in [3.63, 3.8) is 0 Å². The van der Waals surface area contributed by atoms with Gasteiger partial charge in [-0.05, 0) is 30.9 Å². The fourth-order valence-electron chi connectivity index (χ4n) is 2.55. The molecule has 0 radical (unpaired) electrons. The normalized spacial score (nSPS) is 19.8. The number of oxazole rings is 1. The molecule has 1 fully saturated rings. The molecule has 0 amide bonds. The van der Waals surface area contributed by atoms with E-state index in [1.54, 1.807) is 12.3 Å². The number of carbonyl (C=O) groups is 1. The van der Waals surface area contributed by atoms with E-state index in [0.717, 1.165) is 19.4 Å². The number of piperidine rings is 1. The molecule has 100 valence electrons. The molecule has 1 N–H and O–H groups in total. The second kappa shape index (κ2) is 4.87. The summed E-state index contributed by atoms with van der Waals surface area (Å²) in [7, 11) is 0. The van der Waals surface area contributed by atoms with Gasteiger partial charge in [0.2, 0.25) is 5.65 Å². The van der Waals surface area contributed by atoms with Gasteiger partial charge in [0.05, 0.1) is 0 Å². The highest BCUT2D eigenvalue weighted by atomic mass is 16.4. The van der Waals surface area contributed by atoms with Crippen LogP contribution in [0.3, 0.4) is 0 Å². The number of aromatic nitrogens is 2. The van der Waals surface area contributed by atoms with E-state index in [9.17, 15) is 4.79 Å². The molecule has 1 saturated heterocycles. The maximum Gasteiger partial charge on any atom is 0.303 e. The van der Waals surface area contributed by atoms with Crippen LogP contribution in [0.4, 0.5) is 6.01 Å². The van der Waals surface area contributed by atoms with Crippen molar-refractivity contribution in [1.82, 2.24) is 9.97 Å². The maximum atomic E-state index is 10.8. The zero-order valence-corrected chi connectivity index (χ0v) is 10.5. The van der Waals surface area contributed by atoms with Crippen molar-refractivity contribution in [1.29, 1.82) is 0 Å². The van der Waals surface area contributed by atoms with Gasteiger partial charge in [-0.3, -0.25) is 4.79 Å². The summed E-state index contributed by atoms with van der Waals surface area (Å²) in [6.07, 6.45) is 3.79. The topological polar surface area (TPSA) is 79.5 Å². The number of nitrogens with zero attached hydrogens (tertiary/aromatic N) is 3. The summed E-state index contributed by atoms with van der Waals surface area (Å²) in [6.45, 7) is 1.53. The van der Waals surface area contributed by atoms with Crippen molar-refractivity contribution in [3.05, 3.63) is 18.3 Å². The highest BCUT2D eigenvalue weighted by Gasteiger charge is 2.25. The van der Waals surface area contributed by atoms with Crippen LogP contribution in [0.5, 0.6) is 0 Å². The van der Waals surface area contributed by atoms with Crippen LogP contribution < -0.4 is 4.90 Å². The summed E-state index contributed by atoms with van der Waals surface area (Å²) >= 11 is 0. The van der Waals surface area contributed by atoms with Gasteiger partial charge in [0.1, 0.15) is 0 Å². The van der Waals surface area contributed by atoms with Gasteiger partial charge in [-0.25, -0.2) is 4.98 Å². The van der Waals surface area contributed by atoms with Gasteiger partial charge in [-0.1, -0.05) is 0 Å². The lowest BCUT2D eigenvalue weighted by atomic mass is 9.95. The molecule has 2 aromatic heterocycles. The van der Waals surface area contributed by atoms with E-state index in [0.29, 0.717) is 23.8 Å². The minimum atomic E-state index is -0.744. The molecule has 0 bridgehead atoms. The highest BCUT2D eigenvalue weighted by Crippen LogP contribution is 2.26. The summed E-state index contributed by atoms with van der Waals surface area (Å²) in [5, 5.41) is 8.87. The predicted octanol–water partition coefficient (Wildman–Crippen LogP) is 1.91. The molecule has 3 rings (SSSR count). The van der Waals surface area contributed by atoms with E-state index in [4.69, 9.17) is 9.52 Å². The first-order valence-corrected chi connectivity index (χ1v) is 6.40. The Balaban J connectivity index is 1.79. The highest BCUT2D eigenvalue weighted by molar-refractivity contribution is 5.69. The summed E-state index contributed by atoms with van der Waals surface area (Å²) in [5.41, 5.74) is 1.26. The molecule has 0 saturated carbocycles. The molecule has 2 aromatic rings. The van der Waals surface area contributed by atoms with Crippen molar-refractivity contribution in [2.24, 2.45) is 5.92 Å². The van der Waals surface area contributed by atoms with Gasteiger partial charge >= 0.3 is 5.97 Å². The van der Waals surface area contributed by atoms with Crippen LogP contribution in [0.15, 0.2) is 22.7 Å². The summed E-state index contributed by atoms with van der Waals surface area (Å²) in [4.78, 5) is 21.3. The fourth-order valence-corrected chi connectivity index (χ4v) is 2.55. The van der Waals surface area contributed by atoms with E-state index in [2.05, 4.69) is 9.97 Å². The lowest BCUT2D eigenvalue weighted by Crippen LogP contribution is -2.36. The monoisotopic (exact) mass is 261 g/mol. The Morgan fingerprint density at radius 3 is 3.26 bits per heavy atom. The third kappa shape index (κ3) is 2.52. The van der Waals surface area contributed by atoms with Crippen LogP contribution >= 0.6 is 0 Å². The Bertz CT molecular complexity index is 563. The van der Waals surface area contributed by atoms with Crippen LogP contribution in [-0.2, 0) is 4.79 Å². The molecule has 1 aliphatic heterocycles. The average Bonchev–Trinajstić information content (AvgIpc) is 2.82. The zero-order chi connectivity index (χ0) is 13.2. The van der Waals surface area contributed by atoms with Crippen molar-refractivity contribution in [2.45, 2.75) is 19.3 Å². The standard InChI is InChI=1S/C13H15N3O3/c17-11(18)7-9-3-2-6-16(8-9)13-15-12-10(19-13)4-1-5-14-12/h1,4-5,9H,2-3,6-8H2,(H,17,18)/t9-/m0/s1. The molecular weight excluding hydrogens is 246 g/mol. The molecule has 6 nitrogen and oxygen atoms in total. The van der Waals surface area contributed by atoms with Gasteiger partial charge in [0.25, 0.3) is 6.01 Å². The molecule has 6 heteroatoms. The van der Waals surface area contributed by atoms with E-state index >= 15 is 0 Å². The van der Waals surface area contributed by atoms with E-state index < -0.39 is 5.97 Å². The lowest BCUT2D eigenvalue weighted by Gasteiger charge is -2.30. The van der Waals surface area contributed by atoms with Gasteiger partial charge in [-0.2, -0.15) is 4.98 Å². The molecule has 0 unspecified atom stereocenters. The third-order valence-electron chi connectivity index (χ3n) is 3.41. The maximum absolute atomic E-state index is 10.8. The second-order valence-corrected chi connectivity index (χ2v) is 4.87. The smallest absolute Gasteiger partial charge is 0.303 e. The number of rotatable bonds is 3. The van der Waals surface area contributed by atoms with Crippen LogP contribution in [0.25, 0.3) is 11.2 Å². The van der Waals surface area contributed by atoms with Crippen molar-refractivity contribution in [2.75, 3.05) is 18.0 Å². The zero-order valence-electron chi connectivity index (χ0n) is 10.5. The summed E-state index contributed by atoms with van der Waals surface area (Å²) in [6, 6.07) is 4.18. The Morgan fingerprint density at radius 1 is 1.58 bits per heavy atom. The van der Waals surface area contributed by atoms with Crippen LogP contribution in [0.1, 0.15) is 19.3 Å². The van der Waals surface area contributed by atoms with Crippen molar-refractivity contribution in [3.8, 4) is 0 Å². The average molecular weight is 261 g/mol. The predicted molar refractivity (Wildman–Crippen MR) is 69.0 cm³/mol. The number of anilines is 1. The molecule has 0 spiro atoms. The molecule has 0 aromatic carbocycles. The largest absolute Gasteiger partial charge is 0.481 e. The number of fused-ring (bicyclic) bond motifs is 1. The minimum Gasteiger partial charge on any atom is -0.481 e. The molecule has 3 heterocycles.